The first-order valence-electron chi connectivity index (χ1n) is 7.00. The van der Waals surface area contributed by atoms with Crippen LogP contribution in [0.4, 0.5) is 4.39 Å². The van der Waals surface area contributed by atoms with Crippen LogP contribution in [0.2, 0.25) is 4.34 Å². The predicted molar refractivity (Wildman–Crippen MR) is 86.8 cm³/mol. The Labute approximate surface area is 133 Å². The highest BCUT2D eigenvalue weighted by Crippen LogP contribution is 2.26. The van der Waals surface area contributed by atoms with Crippen LogP contribution in [0.25, 0.3) is 0 Å². The number of benzene rings is 1. The lowest BCUT2D eigenvalue weighted by molar-refractivity contribution is 0.293. The van der Waals surface area contributed by atoms with Crippen molar-refractivity contribution in [3.05, 3.63) is 50.9 Å². The van der Waals surface area contributed by atoms with Crippen LogP contribution < -0.4 is 10.1 Å². The second-order valence-electron chi connectivity index (χ2n) is 4.86. The molecule has 1 aromatic heterocycles. The highest BCUT2D eigenvalue weighted by atomic mass is 35.5. The molecule has 21 heavy (non-hydrogen) atoms. The Morgan fingerprint density at radius 3 is 2.76 bits per heavy atom. The van der Waals surface area contributed by atoms with Crippen LogP contribution in [0, 0.1) is 5.82 Å². The van der Waals surface area contributed by atoms with Gasteiger partial charge in [0.2, 0.25) is 0 Å². The monoisotopic (exact) mass is 327 g/mol. The van der Waals surface area contributed by atoms with Gasteiger partial charge in [0, 0.05) is 10.9 Å². The van der Waals surface area contributed by atoms with Gasteiger partial charge in [0.15, 0.2) is 11.6 Å². The van der Waals surface area contributed by atoms with Crippen molar-refractivity contribution in [3.8, 4) is 5.75 Å². The summed E-state index contributed by atoms with van der Waals surface area (Å²) in [6.45, 7) is 5.38. The summed E-state index contributed by atoms with van der Waals surface area (Å²) in [7, 11) is 0. The van der Waals surface area contributed by atoms with Crippen molar-refractivity contribution in [2.75, 3.05) is 6.54 Å². The molecule has 1 atom stereocenters. The van der Waals surface area contributed by atoms with Crippen molar-refractivity contribution >= 4 is 22.9 Å². The molecule has 0 fully saturated rings. The van der Waals surface area contributed by atoms with Crippen molar-refractivity contribution in [1.29, 1.82) is 0 Å². The van der Waals surface area contributed by atoms with Crippen LogP contribution >= 0.6 is 22.9 Å². The SMILES string of the molecule is CCCNC(C)c1ccc(OCc2ccc(Cl)s2)c(F)c1. The Bertz CT molecular complexity index is 587. The van der Waals surface area contributed by atoms with Gasteiger partial charge in [0.1, 0.15) is 6.61 Å². The molecule has 1 unspecified atom stereocenters. The third-order valence-corrected chi connectivity index (χ3v) is 4.36. The first kappa shape index (κ1) is 16.3. The highest BCUT2D eigenvalue weighted by molar-refractivity contribution is 7.16. The molecule has 2 aromatic rings. The Hall–Kier alpha value is -1.10. The summed E-state index contributed by atoms with van der Waals surface area (Å²) in [5, 5.41) is 3.34. The van der Waals surface area contributed by atoms with Gasteiger partial charge in [-0.15, -0.1) is 11.3 Å². The Kier molecular flexibility index (Phi) is 6.03. The van der Waals surface area contributed by atoms with Crippen molar-refractivity contribution in [2.24, 2.45) is 0 Å². The maximum atomic E-state index is 14.1. The molecule has 1 aromatic carbocycles. The lowest BCUT2D eigenvalue weighted by Gasteiger charge is -2.15. The molecule has 1 heterocycles. The Morgan fingerprint density at radius 1 is 1.33 bits per heavy atom. The molecule has 0 amide bonds. The first-order chi connectivity index (χ1) is 10.1. The highest BCUT2D eigenvalue weighted by Gasteiger charge is 2.10. The molecule has 0 spiro atoms. The Morgan fingerprint density at radius 2 is 2.14 bits per heavy atom. The van der Waals surface area contributed by atoms with Crippen molar-refractivity contribution in [2.45, 2.75) is 32.9 Å². The van der Waals surface area contributed by atoms with E-state index < -0.39 is 0 Å². The standard InChI is InChI=1S/C16H19ClFNOS/c1-3-8-19-11(2)12-4-6-15(14(18)9-12)20-10-13-5-7-16(17)21-13/h4-7,9,11,19H,3,8,10H2,1-2H3. The predicted octanol–water partition coefficient (Wildman–Crippen LogP) is 5.18. The van der Waals surface area contributed by atoms with Gasteiger partial charge in [-0.1, -0.05) is 24.6 Å². The van der Waals surface area contributed by atoms with E-state index in [1.54, 1.807) is 6.07 Å². The van der Waals surface area contributed by atoms with Crippen LogP contribution in [-0.2, 0) is 6.61 Å². The topological polar surface area (TPSA) is 21.3 Å². The van der Waals surface area contributed by atoms with E-state index in [9.17, 15) is 4.39 Å². The average Bonchev–Trinajstić information content (AvgIpc) is 2.89. The van der Waals surface area contributed by atoms with Gasteiger partial charge in [-0.3, -0.25) is 0 Å². The molecule has 5 heteroatoms. The van der Waals surface area contributed by atoms with E-state index in [4.69, 9.17) is 16.3 Å². The van der Waals surface area contributed by atoms with Gasteiger partial charge < -0.3 is 10.1 Å². The summed E-state index contributed by atoms with van der Waals surface area (Å²) in [5.74, 6) is -0.0636. The fraction of sp³-hybridized carbons (Fsp3) is 0.375. The number of nitrogens with one attached hydrogen (secondary N) is 1. The lowest BCUT2D eigenvalue weighted by atomic mass is 10.1. The van der Waals surface area contributed by atoms with Crippen LogP contribution in [0.1, 0.15) is 36.8 Å². The molecule has 0 aliphatic heterocycles. The minimum absolute atomic E-state index is 0.129. The summed E-state index contributed by atoms with van der Waals surface area (Å²) in [4.78, 5) is 0.974. The summed E-state index contributed by atoms with van der Waals surface area (Å²) in [6, 6.07) is 8.94. The fourth-order valence-corrected chi connectivity index (χ4v) is 2.96. The van der Waals surface area contributed by atoms with Gasteiger partial charge >= 0.3 is 0 Å². The minimum atomic E-state index is -0.333. The minimum Gasteiger partial charge on any atom is -0.485 e. The van der Waals surface area contributed by atoms with E-state index in [1.165, 1.54) is 17.4 Å². The van der Waals surface area contributed by atoms with Gasteiger partial charge in [0.25, 0.3) is 0 Å². The quantitative estimate of drug-likeness (QED) is 0.756. The number of ether oxygens (including phenoxy) is 1. The molecular weight excluding hydrogens is 309 g/mol. The third kappa shape index (κ3) is 4.70. The van der Waals surface area contributed by atoms with E-state index in [2.05, 4.69) is 12.2 Å². The second kappa shape index (κ2) is 7.78. The summed E-state index contributed by atoms with van der Waals surface area (Å²) >= 11 is 7.29. The van der Waals surface area contributed by atoms with Crippen LogP contribution in [0.5, 0.6) is 5.75 Å². The van der Waals surface area contributed by atoms with Crippen molar-refractivity contribution in [3.63, 3.8) is 0 Å². The van der Waals surface area contributed by atoms with Gasteiger partial charge in [-0.05, 0) is 49.7 Å². The third-order valence-electron chi connectivity index (χ3n) is 3.16. The average molecular weight is 328 g/mol. The number of thiophene rings is 1. The summed E-state index contributed by atoms with van der Waals surface area (Å²) < 4.78 is 20.3. The zero-order chi connectivity index (χ0) is 15.2. The van der Waals surface area contributed by atoms with E-state index in [0.717, 1.165) is 23.4 Å². The van der Waals surface area contributed by atoms with Crippen LogP contribution in [0.3, 0.4) is 0 Å². The maximum Gasteiger partial charge on any atom is 0.165 e. The molecule has 114 valence electrons. The van der Waals surface area contributed by atoms with Gasteiger partial charge in [0.05, 0.1) is 4.34 Å². The summed E-state index contributed by atoms with van der Waals surface area (Å²) in [5.41, 5.74) is 0.924. The molecule has 0 aliphatic rings. The Balaban J connectivity index is 1.98. The fourth-order valence-electron chi connectivity index (χ4n) is 1.96. The van der Waals surface area contributed by atoms with Gasteiger partial charge in [-0.25, -0.2) is 4.39 Å². The van der Waals surface area contributed by atoms with Crippen LogP contribution in [-0.4, -0.2) is 6.54 Å². The largest absolute Gasteiger partial charge is 0.485 e. The molecule has 0 saturated heterocycles. The second-order valence-corrected chi connectivity index (χ2v) is 6.66. The number of rotatable bonds is 7. The van der Waals surface area contributed by atoms with E-state index >= 15 is 0 Å². The molecule has 0 aliphatic carbocycles. The molecule has 1 N–H and O–H groups in total. The molecule has 2 rings (SSSR count). The molecule has 0 radical (unpaired) electrons. The maximum absolute atomic E-state index is 14.1. The van der Waals surface area contributed by atoms with E-state index in [1.807, 2.05) is 25.1 Å². The molecule has 0 saturated carbocycles. The molecule has 0 bridgehead atoms. The summed E-state index contributed by atoms with van der Waals surface area (Å²) in [6.07, 6.45) is 1.05. The van der Waals surface area contributed by atoms with Gasteiger partial charge in [-0.2, -0.15) is 0 Å². The number of hydrogen-bond acceptors (Lipinski definition) is 3. The molecular formula is C16H19ClFNOS. The van der Waals surface area contributed by atoms with Crippen molar-refractivity contribution < 1.29 is 9.13 Å². The first-order valence-corrected chi connectivity index (χ1v) is 8.19. The van der Waals surface area contributed by atoms with Crippen molar-refractivity contribution in [1.82, 2.24) is 5.32 Å². The lowest BCUT2D eigenvalue weighted by Crippen LogP contribution is -2.19. The van der Waals surface area contributed by atoms with E-state index in [0.29, 0.717) is 10.9 Å². The van der Waals surface area contributed by atoms with Crippen LogP contribution in [0.15, 0.2) is 30.3 Å². The smallest absolute Gasteiger partial charge is 0.165 e. The zero-order valence-electron chi connectivity index (χ0n) is 12.2. The number of hydrogen-bond donors (Lipinski definition) is 1. The molecule has 2 nitrogen and oxygen atoms in total. The zero-order valence-corrected chi connectivity index (χ0v) is 13.7. The normalized spacial score (nSPS) is 12.4. The number of halogens is 2. The van der Waals surface area contributed by atoms with E-state index in [-0.39, 0.29) is 17.6 Å².